The van der Waals surface area contributed by atoms with Gasteiger partial charge in [-0.25, -0.2) is 0 Å². The Hall–Kier alpha value is -1.79. The van der Waals surface area contributed by atoms with E-state index < -0.39 is 0 Å². The molecule has 0 aliphatic heterocycles. The average Bonchev–Trinajstić information content (AvgIpc) is 2.54. The Morgan fingerprint density at radius 3 is 2.22 bits per heavy atom. The smallest absolute Gasteiger partial charge is 0.255 e. The van der Waals surface area contributed by atoms with Crippen LogP contribution in [0.5, 0.6) is 5.75 Å². The molecule has 7 heteroatoms. The van der Waals surface area contributed by atoms with Gasteiger partial charge in [-0.1, -0.05) is 35.3 Å². The molecule has 0 aromatic heterocycles. The van der Waals surface area contributed by atoms with Gasteiger partial charge in [0.2, 0.25) is 0 Å². The Kier molecular flexibility index (Phi) is 6.24. The van der Waals surface area contributed by atoms with Crippen LogP contribution in [0.4, 0.5) is 5.69 Å². The van der Waals surface area contributed by atoms with Crippen molar-refractivity contribution in [3.05, 3.63) is 57.6 Å². The highest BCUT2D eigenvalue weighted by molar-refractivity contribution is 6.37. The second-order valence-corrected chi connectivity index (χ2v) is 5.58. The molecule has 0 spiro atoms. The number of hydrogen-bond acceptors (Lipinski definition) is 4. The summed E-state index contributed by atoms with van der Waals surface area (Å²) in [6.07, 6.45) is 0. The van der Waals surface area contributed by atoms with Crippen LogP contribution < -0.4 is 21.5 Å². The number of ether oxygens (including phenoxy) is 1. The van der Waals surface area contributed by atoms with E-state index in [-0.39, 0.29) is 16.0 Å². The molecular weight excluding hydrogens is 337 g/mol. The molecule has 0 fully saturated rings. The highest BCUT2D eigenvalue weighted by atomic mass is 35.5. The predicted octanol–water partition coefficient (Wildman–Crippen LogP) is 3.04. The van der Waals surface area contributed by atoms with Crippen LogP contribution in [0.25, 0.3) is 0 Å². The Balaban J connectivity index is 2.15. The summed E-state index contributed by atoms with van der Waals surface area (Å²) in [7, 11) is 0. The lowest BCUT2D eigenvalue weighted by molar-refractivity contribution is 0.102. The highest BCUT2D eigenvalue weighted by Gasteiger charge is 2.14. The van der Waals surface area contributed by atoms with Crippen LogP contribution in [0.2, 0.25) is 10.0 Å². The Morgan fingerprint density at radius 1 is 1.09 bits per heavy atom. The number of rotatable bonds is 6. The lowest BCUT2D eigenvalue weighted by atomic mass is 10.1. The van der Waals surface area contributed by atoms with Gasteiger partial charge in [0.1, 0.15) is 6.61 Å². The van der Waals surface area contributed by atoms with Crippen LogP contribution in [-0.4, -0.2) is 19.1 Å². The van der Waals surface area contributed by atoms with Crippen molar-refractivity contribution in [2.45, 2.75) is 6.54 Å². The Labute approximate surface area is 144 Å². The zero-order valence-corrected chi connectivity index (χ0v) is 13.8. The maximum absolute atomic E-state index is 12.3. The third-order valence-corrected chi connectivity index (χ3v) is 3.63. The predicted molar refractivity (Wildman–Crippen MR) is 93.3 cm³/mol. The lowest BCUT2D eigenvalue weighted by Crippen LogP contribution is -2.13. The summed E-state index contributed by atoms with van der Waals surface area (Å²) in [5.74, 6) is 0.00213. The third-order valence-electron chi connectivity index (χ3n) is 3.07. The summed E-state index contributed by atoms with van der Waals surface area (Å²) < 4.78 is 5.36. The first-order chi connectivity index (χ1) is 11.0. The summed E-state index contributed by atoms with van der Waals surface area (Å²) in [6.45, 7) is 1.08. The summed E-state index contributed by atoms with van der Waals surface area (Å²) in [6, 6.07) is 10.3. The zero-order chi connectivity index (χ0) is 16.8. The summed E-state index contributed by atoms with van der Waals surface area (Å²) >= 11 is 12.2. The van der Waals surface area contributed by atoms with Gasteiger partial charge in [0.15, 0.2) is 5.75 Å². The zero-order valence-electron chi connectivity index (χ0n) is 12.3. The Bertz CT molecular complexity index is 667. The van der Waals surface area contributed by atoms with Gasteiger partial charge < -0.3 is 21.5 Å². The van der Waals surface area contributed by atoms with Crippen molar-refractivity contribution >= 4 is 34.8 Å². The van der Waals surface area contributed by atoms with Crippen molar-refractivity contribution < 1.29 is 9.53 Å². The van der Waals surface area contributed by atoms with Crippen molar-refractivity contribution in [3.63, 3.8) is 0 Å². The van der Waals surface area contributed by atoms with E-state index in [1.165, 1.54) is 12.1 Å². The van der Waals surface area contributed by atoms with E-state index in [0.717, 1.165) is 5.56 Å². The fourth-order valence-corrected chi connectivity index (χ4v) is 2.51. The maximum Gasteiger partial charge on any atom is 0.255 e. The van der Waals surface area contributed by atoms with Crippen molar-refractivity contribution in [1.29, 1.82) is 0 Å². The molecule has 1 amide bonds. The van der Waals surface area contributed by atoms with Gasteiger partial charge in [-0.15, -0.1) is 0 Å². The molecule has 23 heavy (non-hydrogen) atoms. The van der Waals surface area contributed by atoms with Crippen molar-refractivity contribution in [2.24, 2.45) is 11.5 Å². The molecule has 0 saturated carbocycles. The van der Waals surface area contributed by atoms with Crippen molar-refractivity contribution in [3.8, 4) is 5.75 Å². The third kappa shape index (κ3) is 4.59. The normalized spacial score (nSPS) is 10.4. The van der Waals surface area contributed by atoms with Gasteiger partial charge in [0.05, 0.1) is 10.0 Å². The second-order valence-electron chi connectivity index (χ2n) is 4.76. The summed E-state index contributed by atoms with van der Waals surface area (Å²) in [5.41, 5.74) is 12.9. The van der Waals surface area contributed by atoms with Crippen LogP contribution >= 0.6 is 23.2 Å². The van der Waals surface area contributed by atoms with Gasteiger partial charge in [-0.3, -0.25) is 4.79 Å². The quantitative estimate of drug-likeness (QED) is 0.744. The first-order valence-corrected chi connectivity index (χ1v) is 7.73. The lowest BCUT2D eigenvalue weighted by Gasteiger charge is -2.11. The monoisotopic (exact) mass is 353 g/mol. The van der Waals surface area contributed by atoms with Gasteiger partial charge >= 0.3 is 0 Å². The molecule has 122 valence electrons. The van der Waals surface area contributed by atoms with Gasteiger partial charge in [0.25, 0.3) is 5.91 Å². The minimum absolute atomic E-state index is 0.259. The number of benzene rings is 2. The van der Waals surface area contributed by atoms with E-state index in [2.05, 4.69) is 5.32 Å². The molecule has 2 aromatic carbocycles. The minimum atomic E-state index is -0.320. The fourth-order valence-electron chi connectivity index (χ4n) is 1.92. The van der Waals surface area contributed by atoms with E-state index in [1.807, 2.05) is 12.1 Å². The maximum atomic E-state index is 12.3. The number of nitrogens with one attached hydrogen (secondary N) is 1. The molecule has 0 saturated heterocycles. The molecule has 0 heterocycles. The molecule has 5 nitrogen and oxygen atoms in total. The Morgan fingerprint density at radius 2 is 1.70 bits per heavy atom. The highest BCUT2D eigenvalue weighted by Crippen LogP contribution is 2.34. The van der Waals surface area contributed by atoms with E-state index in [0.29, 0.717) is 36.7 Å². The summed E-state index contributed by atoms with van der Waals surface area (Å²) in [4.78, 5) is 12.3. The van der Waals surface area contributed by atoms with Crippen LogP contribution in [0.3, 0.4) is 0 Å². The molecule has 2 rings (SSSR count). The molecule has 0 aliphatic carbocycles. The van der Waals surface area contributed by atoms with Gasteiger partial charge in [-0.2, -0.15) is 0 Å². The molecule has 0 aliphatic rings. The second kappa shape index (κ2) is 8.17. The topological polar surface area (TPSA) is 90.4 Å². The average molecular weight is 354 g/mol. The van der Waals surface area contributed by atoms with Crippen LogP contribution in [-0.2, 0) is 6.54 Å². The largest absolute Gasteiger partial charge is 0.489 e. The molecule has 2 aromatic rings. The molecule has 0 radical (unpaired) electrons. The van der Waals surface area contributed by atoms with Crippen molar-refractivity contribution in [1.82, 2.24) is 0 Å². The fraction of sp³-hybridized carbons (Fsp3) is 0.188. The number of anilines is 1. The minimum Gasteiger partial charge on any atom is -0.489 e. The van der Waals surface area contributed by atoms with Crippen LogP contribution in [0.15, 0.2) is 36.4 Å². The van der Waals surface area contributed by atoms with Crippen molar-refractivity contribution in [2.75, 3.05) is 18.5 Å². The first-order valence-electron chi connectivity index (χ1n) is 6.97. The SMILES string of the molecule is NCCOc1c(Cl)cc(C(=O)Nc2ccc(CN)cc2)cc1Cl. The van der Waals surface area contributed by atoms with Gasteiger partial charge in [0, 0.05) is 24.3 Å². The van der Waals surface area contributed by atoms with E-state index >= 15 is 0 Å². The van der Waals surface area contributed by atoms with E-state index in [4.69, 9.17) is 39.4 Å². The van der Waals surface area contributed by atoms with E-state index in [1.54, 1.807) is 12.1 Å². The number of nitrogens with two attached hydrogens (primary N) is 2. The number of halogens is 2. The van der Waals surface area contributed by atoms with E-state index in [9.17, 15) is 4.79 Å². The van der Waals surface area contributed by atoms with Crippen LogP contribution in [0.1, 0.15) is 15.9 Å². The number of carbonyl (C=O) groups is 1. The molecular formula is C16H17Cl2N3O2. The molecule has 0 bridgehead atoms. The molecule has 5 N–H and O–H groups in total. The van der Waals surface area contributed by atoms with Gasteiger partial charge in [-0.05, 0) is 29.8 Å². The first kappa shape index (κ1) is 17.6. The standard InChI is InChI=1S/C16H17Cl2N3O2/c17-13-7-11(8-14(18)15(13)23-6-5-19)16(22)21-12-3-1-10(9-20)2-4-12/h1-4,7-8H,5-6,9,19-20H2,(H,21,22). The molecule has 0 unspecified atom stereocenters. The number of amides is 1. The summed E-state index contributed by atoms with van der Waals surface area (Å²) in [5, 5.41) is 3.29. The number of carbonyl (C=O) groups excluding carboxylic acids is 1. The number of hydrogen-bond donors (Lipinski definition) is 3. The van der Waals surface area contributed by atoms with Crippen LogP contribution in [0, 0.1) is 0 Å². The molecule has 0 atom stereocenters.